The van der Waals surface area contributed by atoms with Crippen molar-refractivity contribution in [3.63, 3.8) is 0 Å². The third kappa shape index (κ3) is 4.32. The lowest BCUT2D eigenvalue weighted by atomic mass is 9.94. The van der Waals surface area contributed by atoms with Crippen molar-refractivity contribution in [1.29, 1.82) is 0 Å². The molecule has 0 saturated carbocycles. The average Bonchev–Trinajstić information content (AvgIpc) is 2.67. The summed E-state index contributed by atoms with van der Waals surface area (Å²) in [6, 6.07) is 23.3. The van der Waals surface area contributed by atoms with E-state index in [0.717, 1.165) is 28.7 Å². The second-order valence-corrected chi connectivity index (χ2v) is 5.91. The van der Waals surface area contributed by atoms with E-state index in [9.17, 15) is 4.39 Å². The third-order valence-corrected chi connectivity index (χ3v) is 4.13. The molecule has 0 saturated heterocycles. The predicted molar refractivity (Wildman–Crippen MR) is 101 cm³/mol. The molecule has 0 aliphatic carbocycles. The van der Waals surface area contributed by atoms with Crippen LogP contribution < -0.4 is 5.73 Å². The van der Waals surface area contributed by atoms with Gasteiger partial charge in [0.05, 0.1) is 6.61 Å². The Hall–Kier alpha value is -2.49. The molecule has 2 N–H and O–H groups in total. The van der Waals surface area contributed by atoms with Crippen molar-refractivity contribution in [2.24, 2.45) is 5.73 Å². The molecule has 3 aromatic rings. The maximum atomic E-state index is 14.9. The zero-order valence-electron chi connectivity index (χ0n) is 14.1. The van der Waals surface area contributed by atoms with Crippen molar-refractivity contribution in [2.75, 3.05) is 13.2 Å². The van der Waals surface area contributed by atoms with Gasteiger partial charge in [-0.05, 0) is 47.4 Å². The highest BCUT2D eigenvalue weighted by Gasteiger charge is 2.14. The van der Waals surface area contributed by atoms with E-state index < -0.39 is 0 Å². The van der Waals surface area contributed by atoms with E-state index in [-0.39, 0.29) is 12.4 Å². The molecule has 0 heterocycles. The molecule has 0 amide bonds. The van der Waals surface area contributed by atoms with Crippen LogP contribution in [0.3, 0.4) is 0 Å². The number of hydrogen-bond donors (Lipinski definition) is 1. The standard InChI is InChI=1S/C22H22FNO/c23-22-15-19(17-8-3-1-4-9-17)14-20(18-10-5-2-6-11-18)21(22)16-25-13-7-12-24/h1-6,8-11,14-15H,7,12-13,16,24H2. The summed E-state index contributed by atoms with van der Waals surface area (Å²) in [5, 5.41) is 0. The minimum Gasteiger partial charge on any atom is -0.377 e. The Morgan fingerprint density at radius 2 is 1.44 bits per heavy atom. The molecule has 3 heteroatoms. The number of halogens is 1. The topological polar surface area (TPSA) is 35.2 Å². The molecular formula is C22H22FNO. The van der Waals surface area contributed by atoms with Gasteiger partial charge in [-0.2, -0.15) is 0 Å². The van der Waals surface area contributed by atoms with E-state index in [0.29, 0.717) is 18.7 Å². The van der Waals surface area contributed by atoms with Gasteiger partial charge in [-0.1, -0.05) is 60.7 Å². The quantitative estimate of drug-likeness (QED) is 0.615. The van der Waals surface area contributed by atoms with Gasteiger partial charge < -0.3 is 10.5 Å². The summed E-state index contributed by atoms with van der Waals surface area (Å²) in [5.41, 5.74) is 9.78. The Morgan fingerprint density at radius 1 is 0.800 bits per heavy atom. The van der Waals surface area contributed by atoms with Crippen molar-refractivity contribution in [1.82, 2.24) is 0 Å². The molecule has 25 heavy (non-hydrogen) atoms. The normalized spacial score (nSPS) is 10.8. The molecule has 3 rings (SSSR count). The average molecular weight is 335 g/mol. The van der Waals surface area contributed by atoms with Crippen LogP contribution >= 0.6 is 0 Å². The van der Waals surface area contributed by atoms with Gasteiger partial charge in [-0.15, -0.1) is 0 Å². The first-order valence-electron chi connectivity index (χ1n) is 8.50. The van der Waals surface area contributed by atoms with Crippen LogP contribution in [0.1, 0.15) is 12.0 Å². The molecule has 2 nitrogen and oxygen atoms in total. The van der Waals surface area contributed by atoms with Crippen molar-refractivity contribution in [2.45, 2.75) is 13.0 Å². The number of ether oxygens (including phenoxy) is 1. The lowest BCUT2D eigenvalue weighted by Crippen LogP contribution is -2.06. The molecule has 0 aliphatic rings. The molecular weight excluding hydrogens is 313 g/mol. The number of nitrogens with two attached hydrogens (primary N) is 1. The maximum Gasteiger partial charge on any atom is 0.129 e. The number of rotatable bonds is 7. The fourth-order valence-electron chi connectivity index (χ4n) is 2.82. The van der Waals surface area contributed by atoms with E-state index >= 15 is 0 Å². The smallest absolute Gasteiger partial charge is 0.129 e. The van der Waals surface area contributed by atoms with Gasteiger partial charge in [0.1, 0.15) is 5.82 Å². The molecule has 0 radical (unpaired) electrons. The summed E-state index contributed by atoms with van der Waals surface area (Å²) in [6.07, 6.45) is 0.768. The molecule has 128 valence electrons. The predicted octanol–water partition coefficient (Wildman–Crippen LogP) is 5.03. The van der Waals surface area contributed by atoms with Crippen LogP contribution in [0.15, 0.2) is 72.8 Å². The van der Waals surface area contributed by atoms with Crippen LogP contribution in [0, 0.1) is 5.82 Å². The molecule has 0 aliphatic heterocycles. The summed E-state index contributed by atoms with van der Waals surface area (Å²) in [4.78, 5) is 0. The fraction of sp³-hybridized carbons (Fsp3) is 0.182. The van der Waals surface area contributed by atoms with Gasteiger partial charge in [0.25, 0.3) is 0 Å². The molecule has 0 fully saturated rings. The Balaban J connectivity index is 2.02. The summed E-state index contributed by atoms with van der Waals surface area (Å²) in [7, 11) is 0. The Bertz CT molecular complexity index is 803. The molecule has 0 aromatic heterocycles. The summed E-state index contributed by atoms with van der Waals surface area (Å²) in [5.74, 6) is -0.243. The van der Waals surface area contributed by atoms with E-state index in [2.05, 4.69) is 0 Å². The molecule has 0 atom stereocenters. The van der Waals surface area contributed by atoms with Crippen LogP contribution in [0.2, 0.25) is 0 Å². The van der Waals surface area contributed by atoms with Crippen LogP contribution in [0.5, 0.6) is 0 Å². The lowest BCUT2D eigenvalue weighted by Gasteiger charge is -2.14. The van der Waals surface area contributed by atoms with E-state index in [4.69, 9.17) is 10.5 Å². The van der Waals surface area contributed by atoms with Crippen LogP contribution in [-0.4, -0.2) is 13.2 Å². The summed E-state index contributed by atoms with van der Waals surface area (Å²) in [6.45, 7) is 1.34. The second-order valence-electron chi connectivity index (χ2n) is 5.91. The summed E-state index contributed by atoms with van der Waals surface area (Å²) < 4.78 is 20.5. The largest absolute Gasteiger partial charge is 0.377 e. The number of hydrogen-bond acceptors (Lipinski definition) is 2. The van der Waals surface area contributed by atoms with Gasteiger partial charge in [0.2, 0.25) is 0 Å². The van der Waals surface area contributed by atoms with Gasteiger partial charge in [-0.3, -0.25) is 0 Å². The summed E-state index contributed by atoms with van der Waals surface area (Å²) >= 11 is 0. The minimum atomic E-state index is -0.243. The lowest BCUT2D eigenvalue weighted by molar-refractivity contribution is 0.118. The highest BCUT2D eigenvalue weighted by Crippen LogP contribution is 2.32. The highest BCUT2D eigenvalue weighted by molar-refractivity contribution is 5.75. The fourth-order valence-corrected chi connectivity index (χ4v) is 2.82. The van der Waals surface area contributed by atoms with E-state index in [1.54, 1.807) is 6.07 Å². The molecule has 3 aromatic carbocycles. The zero-order chi connectivity index (χ0) is 17.5. The molecule has 0 unspecified atom stereocenters. The second kappa shape index (κ2) is 8.56. The van der Waals surface area contributed by atoms with Crippen LogP contribution in [-0.2, 0) is 11.3 Å². The van der Waals surface area contributed by atoms with Gasteiger partial charge >= 0.3 is 0 Å². The van der Waals surface area contributed by atoms with Crippen LogP contribution in [0.25, 0.3) is 22.3 Å². The van der Waals surface area contributed by atoms with E-state index in [1.807, 2.05) is 66.7 Å². The SMILES string of the molecule is NCCCOCc1c(F)cc(-c2ccccc2)cc1-c1ccccc1. The highest BCUT2D eigenvalue weighted by atomic mass is 19.1. The van der Waals surface area contributed by atoms with Crippen molar-refractivity contribution in [3.8, 4) is 22.3 Å². The molecule has 0 bridgehead atoms. The van der Waals surface area contributed by atoms with Crippen molar-refractivity contribution < 1.29 is 9.13 Å². The first-order chi connectivity index (χ1) is 12.3. The van der Waals surface area contributed by atoms with Crippen molar-refractivity contribution >= 4 is 0 Å². The van der Waals surface area contributed by atoms with E-state index in [1.165, 1.54) is 0 Å². The Labute approximate surface area is 148 Å². The third-order valence-electron chi connectivity index (χ3n) is 4.13. The Kier molecular flexibility index (Phi) is 5.94. The first-order valence-corrected chi connectivity index (χ1v) is 8.50. The first kappa shape index (κ1) is 17.3. The minimum absolute atomic E-state index is 0.241. The Morgan fingerprint density at radius 3 is 2.08 bits per heavy atom. The van der Waals surface area contributed by atoms with Gasteiger partial charge in [-0.25, -0.2) is 4.39 Å². The van der Waals surface area contributed by atoms with Crippen molar-refractivity contribution in [3.05, 3.63) is 84.2 Å². The zero-order valence-corrected chi connectivity index (χ0v) is 14.1. The maximum absolute atomic E-state index is 14.9. The monoisotopic (exact) mass is 335 g/mol. The molecule has 0 spiro atoms. The van der Waals surface area contributed by atoms with Gasteiger partial charge in [0.15, 0.2) is 0 Å². The van der Waals surface area contributed by atoms with Gasteiger partial charge in [0, 0.05) is 12.2 Å². The number of benzene rings is 3. The van der Waals surface area contributed by atoms with Crippen LogP contribution in [0.4, 0.5) is 4.39 Å².